The van der Waals surface area contributed by atoms with Crippen LogP contribution in [0.1, 0.15) is 38.7 Å². The van der Waals surface area contributed by atoms with Gasteiger partial charge in [0.1, 0.15) is 5.75 Å². The Hall–Kier alpha value is -1.40. The van der Waals surface area contributed by atoms with Gasteiger partial charge < -0.3 is 9.57 Å². The fraction of sp³-hybridized carbons (Fsp3) is 0.478. The summed E-state index contributed by atoms with van der Waals surface area (Å²) in [4.78, 5) is 18.1. The normalized spacial score (nSPS) is 29.6. The first-order chi connectivity index (χ1) is 13.8. The highest BCUT2D eigenvalue weighted by Gasteiger charge is 2.62. The van der Waals surface area contributed by atoms with Gasteiger partial charge in [-0.3, -0.25) is 0 Å². The predicted octanol–water partition coefficient (Wildman–Crippen LogP) is 6.27. The molecule has 3 unspecified atom stereocenters. The monoisotopic (exact) mass is 521 g/mol. The molecule has 2 fully saturated rings. The summed E-state index contributed by atoms with van der Waals surface area (Å²) in [6, 6.07) is 9.87. The summed E-state index contributed by atoms with van der Waals surface area (Å²) < 4.78 is 6.49. The van der Waals surface area contributed by atoms with E-state index in [1.807, 2.05) is 30.3 Å². The summed E-state index contributed by atoms with van der Waals surface area (Å²) >= 11 is 7.20. The summed E-state index contributed by atoms with van der Waals surface area (Å²) in [6.45, 7) is 4.59. The van der Waals surface area contributed by atoms with Crippen molar-refractivity contribution in [1.82, 2.24) is 0 Å². The van der Waals surface area contributed by atoms with Gasteiger partial charge in [0.15, 0.2) is 0 Å². The van der Waals surface area contributed by atoms with Crippen molar-refractivity contribution in [1.29, 1.82) is 0 Å². The minimum Gasteiger partial charge on any atom is -0.496 e. The van der Waals surface area contributed by atoms with Crippen molar-refractivity contribution < 1.29 is 14.4 Å². The van der Waals surface area contributed by atoms with E-state index in [4.69, 9.17) is 9.57 Å². The van der Waals surface area contributed by atoms with Gasteiger partial charge in [0.05, 0.1) is 19.2 Å². The Bertz CT molecular complexity index is 1010. The van der Waals surface area contributed by atoms with E-state index in [1.165, 1.54) is 6.42 Å². The maximum Gasteiger partial charge on any atom is 0.339 e. The average molecular weight is 523 g/mol. The summed E-state index contributed by atoms with van der Waals surface area (Å²) in [5.41, 5.74) is 2.01. The SMILES string of the molecule is COc1ccc2cc(Br)ccc2c1CC(=O)O/N=C1\CC2CCC1(C)C2(C)CBr. The standard InChI is InChI=1S/C23H25Br2NO3/c1-22-9-8-15(23(22,2)13-24)11-20(22)26-29-21(27)12-18-17-6-5-16(25)10-14(17)4-7-19(18)28-3/h4-7,10,15H,8-9,11-13H2,1-3H3/b26-20+. The van der Waals surface area contributed by atoms with E-state index in [-0.39, 0.29) is 23.2 Å². The molecule has 0 saturated heterocycles. The van der Waals surface area contributed by atoms with Gasteiger partial charge in [0.25, 0.3) is 0 Å². The van der Waals surface area contributed by atoms with Gasteiger partial charge in [0, 0.05) is 20.8 Å². The highest BCUT2D eigenvalue weighted by molar-refractivity contribution is 9.10. The number of hydrogen-bond donors (Lipinski definition) is 0. The zero-order valence-corrected chi connectivity index (χ0v) is 20.1. The van der Waals surface area contributed by atoms with Gasteiger partial charge in [-0.15, -0.1) is 0 Å². The molecule has 2 aromatic rings. The van der Waals surface area contributed by atoms with Crippen LogP contribution in [0.3, 0.4) is 0 Å². The number of benzene rings is 2. The van der Waals surface area contributed by atoms with Crippen LogP contribution in [0.25, 0.3) is 10.8 Å². The second kappa shape index (κ2) is 7.69. The third-order valence-corrected chi connectivity index (χ3v) is 9.02. The second-order valence-electron chi connectivity index (χ2n) is 8.61. The Morgan fingerprint density at radius 3 is 2.76 bits per heavy atom. The number of hydrogen-bond acceptors (Lipinski definition) is 4. The van der Waals surface area contributed by atoms with Crippen molar-refractivity contribution in [2.24, 2.45) is 21.9 Å². The highest BCUT2D eigenvalue weighted by Crippen LogP contribution is 2.64. The maximum atomic E-state index is 12.7. The van der Waals surface area contributed by atoms with Crippen LogP contribution in [-0.4, -0.2) is 24.1 Å². The van der Waals surface area contributed by atoms with Crippen molar-refractivity contribution in [3.8, 4) is 5.75 Å². The van der Waals surface area contributed by atoms with E-state index >= 15 is 0 Å². The van der Waals surface area contributed by atoms with Crippen LogP contribution in [0.5, 0.6) is 5.75 Å². The van der Waals surface area contributed by atoms with Crippen LogP contribution in [0.2, 0.25) is 0 Å². The minimum absolute atomic E-state index is 0.00907. The number of fused-ring (bicyclic) bond motifs is 3. The molecule has 29 heavy (non-hydrogen) atoms. The van der Waals surface area contributed by atoms with E-state index in [1.54, 1.807) is 7.11 Å². The van der Waals surface area contributed by atoms with Gasteiger partial charge >= 0.3 is 5.97 Å². The molecule has 4 rings (SSSR count). The number of carbonyl (C=O) groups is 1. The van der Waals surface area contributed by atoms with Crippen LogP contribution in [-0.2, 0) is 16.1 Å². The number of halogens is 2. The van der Waals surface area contributed by atoms with E-state index in [0.29, 0.717) is 11.7 Å². The Morgan fingerprint density at radius 2 is 2.07 bits per heavy atom. The Balaban J connectivity index is 1.56. The fourth-order valence-electron chi connectivity index (χ4n) is 5.17. The van der Waals surface area contributed by atoms with E-state index in [0.717, 1.165) is 44.7 Å². The smallest absolute Gasteiger partial charge is 0.339 e. The molecule has 6 heteroatoms. The molecular weight excluding hydrogens is 498 g/mol. The molecule has 2 aromatic carbocycles. The topological polar surface area (TPSA) is 47.9 Å². The minimum atomic E-state index is -0.363. The first-order valence-corrected chi connectivity index (χ1v) is 11.8. The maximum absolute atomic E-state index is 12.7. The lowest BCUT2D eigenvalue weighted by Crippen LogP contribution is -2.36. The lowest BCUT2D eigenvalue weighted by molar-refractivity contribution is -0.142. The van der Waals surface area contributed by atoms with Crippen LogP contribution < -0.4 is 4.74 Å². The molecule has 2 saturated carbocycles. The lowest BCUT2D eigenvalue weighted by Gasteiger charge is -2.36. The molecule has 0 aliphatic heterocycles. The number of ether oxygens (including phenoxy) is 1. The molecule has 0 N–H and O–H groups in total. The summed E-state index contributed by atoms with van der Waals surface area (Å²) in [5.74, 6) is 0.919. The highest BCUT2D eigenvalue weighted by atomic mass is 79.9. The van der Waals surface area contributed by atoms with Crippen molar-refractivity contribution in [2.45, 2.75) is 39.5 Å². The number of oxime groups is 1. The Kier molecular flexibility index (Phi) is 5.53. The second-order valence-corrected chi connectivity index (χ2v) is 10.1. The summed E-state index contributed by atoms with van der Waals surface area (Å²) in [7, 11) is 1.62. The molecule has 154 valence electrons. The zero-order valence-electron chi connectivity index (χ0n) is 16.9. The Labute approximate surface area is 188 Å². The van der Waals surface area contributed by atoms with Crippen LogP contribution in [0.15, 0.2) is 40.0 Å². The van der Waals surface area contributed by atoms with Gasteiger partial charge in [-0.2, -0.15) is 0 Å². The van der Waals surface area contributed by atoms with Crippen LogP contribution >= 0.6 is 31.9 Å². The quantitative estimate of drug-likeness (QED) is 0.264. The van der Waals surface area contributed by atoms with E-state index < -0.39 is 0 Å². The van der Waals surface area contributed by atoms with Crippen molar-refractivity contribution in [3.63, 3.8) is 0 Å². The third-order valence-electron chi connectivity index (χ3n) is 7.36. The lowest BCUT2D eigenvalue weighted by atomic mass is 9.70. The zero-order chi connectivity index (χ0) is 20.8. The van der Waals surface area contributed by atoms with E-state index in [9.17, 15) is 4.79 Å². The van der Waals surface area contributed by atoms with Gasteiger partial charge in [-0.05, 0) is 59.6 Å². The molecule has 4 nitrogen and oxygen atoms in total. The largest absolute Gasteiger partial charge is 0.496 e. The van der Waals surface area contributed by atoms with Gasteiger partial charge in [-0.25, -0.2) is 4.79 Å². The first kappa shape index (κ1) is 20.9. The predicted molar refractivity (Wildman–Crippen MR) is 123 cm³/mol. The van der Waals surface area contributed by atoms with E-state index in [2.05, 4.69) is 50.9 Å². The Morgan fingerprint density at radius 1 is 1.28 bits per heavy atom. The molecule has 0 aromatic heterocycles. The number of rotatable bonds is 5. The summed E-state index contributed by atoms with van der Waals surface area (Å²) in [6.07, 6.45) is 3.35. The summed E-state index contributed by atoms with van der Waals surface area (Å²) in [5, 5.41) is 7.33. The molecule has 3 atom stereocenters. The number of methoxy groups -OCH3 is 1. The van der Waals surface area contributed by atoms with Gasteiger partial charge in [-0.1, -0.05) is 63.0 Å². The molecule has 0 amide bonds. The van der Waals surface area contributed by atoms with Crippen molar-refractivity contribution in [2.75, 3.05) is 12.4 Å². The number of carbonyl (C=O) groups excluding carboxylic acids is 1. The molecular formula is C23H25Br2NO3. The molecule has 0 spiro atoms. The molecule has 0 radical (unpaired) electrons. The average Bonchev–Trinajstić information content (AvgIpc) is 3.08. The first-order valence-electron chi connectivity index (χ1n) is 9.90. The third kappa shape index (κ3) is 3.32. The van der Waals surface area contributed by atoms with Crippen molar-refractivity contribution >= 4 is 54.3 Å². The number of alkyl halides is 1. The van der Waals surface area contributed by atoms with Crippen LogP contribution in [0, 0.1) is 16.7 Å². The van der Waals surface area contributed by atoms with Crippen LogP contribution in [0.4, 0.5) is 0 Å². The molecule has 0 heterocycles. The molecule has 2 aliphatic carbocycles. The molecule has 2 aliphatic rings. The fourth-order valence-corrected chi connectivity index (χ4v) is 6.63. The molecule has 2 bridgehead atoms. The number of nitrogens with zero attached hydrogens (tertiary/aromatic N) is 1. The van der Waals surface area contributed by atoms with Gasteiger partial charge in [0.2, 0.25) is 0 Å². The van der Waals surface area contributed by atoms with Crippen molar-refractivity contribution in [3.05, 3.63) is 40.4 Å².